The van der Waals surface area contributed by atoms with Gasteiger partial charge in [-0.1, -0.05) is 11.6 Å². The van der Waals surface area contributed by atoms with Crippen LogP contribution in [-0.4, -0.2) is 17.5 Å². The molecule has 9 heteroatoms. The summed E-state index contributed by atoms with van der Waals surface area (Å²) in [5.41, 5.74) is 12.4. The number of urea groups is 1. The Hall–Kier alpha value is -2.58. The van der Waals surface area contributed by atoms with Gasteiger partial charge in [0.05, 0.1) is 23.3 Å². The fraction of sp³-hybridized carbons (Fsp3) is 0.267. The fourth-order valence-electron chi connectivity index (χ4n) is 2.45. The number of carbonyl (C=O) groups excluding carboxylic acids is 1. The number of primary amides is 1. The first-order valence-corrected chi connectivity index (χ1v) is 7.58. The van der Waals surface area contributed by atoms with Crippen molar-refractivity contribution in [3.05, 3.63) is 50.9 Å². The zero-order valence-corrected chi connectivity index (χ0v) is 13.5. The van der Waals surface area contributed by atoms with Crippen molar-refractivity contribution in [1.82, 2.24) is 5.32 Å². The molecule has 2 amide bonds. The molecule has 0 aliphatic carbocycles. The maximum Gasteiger partial charge on any atom is 0.312 e. The van der Waals surface area contributed by atoms with Crippen LogP contribution in [0.15, 0.2) is 28.9 Å². The van der Waals surface area contributed by atoms with Crippen LogP contribution in [0.4, 0.5) is 10.5 Å². The van der Waals surface area contributed by atoms with E-state index < -0.39 is 11.0 Å². The molecule has 0 fully saturated rings. The van der Waals surface area contributed by atoms with Crippen LogP contribution in [0.2, 0.25) is 5.02 Å². The highest BCUT2D eigenvalue weighted by molar-refractivity contribution is 6.30. The molecule has 0 aliphatic rings. The van der Waals surface area contributed by atoms with Gasteiger partial charge in [0.2, 0.25) is 0 Å². The molecular weight excluding hydrogens is 336 g/mol. The van der Waals surface area contributed by atoms with Gasteiger partial charge in [0.1, 0.15) is 5.76 Å². The van der Waals surface area contributed by atoms with Crippen molar-refractivity contribution in [1.29, 1.82) is 0 Å². The molecule has 0 saturated heterocycles. The van der Waals surface area contributed by atoms with Crippen molar-refractivity contribution in [3.8, 4) is 11.1 Å². The molecular formula is C15H17ClN4O4. The Morgan fingerprint density at radius 2 is 2.12 bits per heavy atom. The quantitative estimate of drug-likeness (QED) is 0.399. The Balaban J connectivity index is 2.36. The van der Waals surface area contributed by atoms with Crippen molar-refractivity contribution >= 4 is 23.3 Å². The molecule has 24 heavy (non-hydrogen) atoms. The first-order valence-electron chi connectivity index (χ1n) is 7.21. The lowest BCUT2D eigenvalue weighted by atomic mass is 9.98. The average Bonchev–Trinajstić information content (AvgIpc) is 2.94. The van der Waals surface area contributed by atoms with E-state index in [1.807, 2.05) is 0 Å². The first kappa shape index (κ1) is 17.8. The molecule has 1 heterocycles. The van der Waals surface area contributed by atoms with Gasteiger partial charge in [-0.3, -0.25) is 10.1 Å². The zero-order valence-electron chi connectivity index (χ0n) is 12.8. The summed E-state index contributed by atoms with van der Waals surface area (Å²) in [5, 5.41) is 14.1. The summed E-state index contributed by atoms with van der Waals surface area (Å²) in [6.07, 6.45) is 2.57. The Morgan fingerprint density at radius 3 is 2.75 bits per heavy atom. The van der Waals surface area contributed by atoms with Crippen LogP contribution in [-0.2, 0) is 13.0 Å². The van der Waals surface area contributed by atoms with Gasteiger partial charge < -0.3 is 21.2 Å². The largest absolute Gasteiger partial charge is 0.467 e. The second-order valence-corrected chi connectivity index (χ2v) is 5.50. The van der Waals surface area contributed by atoms with E-state index in [9.17, 15) is 14.9 Å². The zero-order chi connectivity index (χ0) is 17.7. The van der Waals surface area contributed by atoms with E-state index in [1.54, 1.807) is 12.1 Å². The standard InChI is InChI=1S/C15H17ClN4O4/c16-9-3-4-10(13(6-9)20(22)23)12-8-24-14(7-17)11(12)2-1-5-19-15(18)21/h3-4,6,8H,1-2,5,7,17H2,(H3,18,19,21). The number of nitro benzene ring substituents is 1. The minimum atomic E-state index is -0.602. The molecule has 0 saturated carbocycles. The number of amides is 2. The Morgan fingerprint density at radius 1 is 1.38 bits per heavy atom. The van der Waals surface area contributed by atoms with Crippen LogP contribution < -0.4 is 16.8 Å². The van der Waals surface area contributed by atoms with Gasteiger partial charge in [0.25, 0.3) is 5.69 Å². The maximum atomic E-state index is 11.3. The number of nitrogens with one attached hydrogen (secondary N) is 1. The summed E-state index contributed by atoms with van der Waals surface area (Å²) in [5.74, 6) is 0.549. The molecule has 0 bridgehead atoms. The van der Waals surface area contributed by atoms with Crippen LogP contribution in [0.3, 0.4) is 0 Å². The summed E-state index contributed by atoms with van der Waals surface area (Å²) >= 11 is 5.85. The number of carbonyl (C=O) groups is 1. The van der Waals surface area contributed by atoms with Gasteiger partial charge >= 0.3 is 6.03 Å². The molecule has 8 nitrogen and oxygen atoms in total. The molecule has 5 N–H and O–H groups in total. The van der Waals surface area contributed by atoms with Crippen molar-refractivity contribution in [2.24, 2.45) is 11.5 Å². The van der Waals surface area contributed by atoms with E-state index in [0.29, 0.717) is 36.3 Å². The summed E-state index contributed by atoms with van der Waals surface area (Å²) in [7, 11) is 0. The molecule has 128 valence electrons. The topological polar surface area (TPSA) is 137 Å². The van der Waals surface area contributed by atoms with Gasteiger partial charge in [-0.2, -0.15) is 0 Å². The predicted octanol–water partition coefficient (Wildman–Crippen LogP) is 2.57. The molecule has 1 aromatic carbocycles. The van der Waals surface area contributed by atoms with Crippen molar-refractivity contribution in [2.45, 2.75) is 19.4 Å². The summed E-state index contributed by atoms with van der Waals surface area (Å²) in [6, 6.07) is 3.85. The van der Waals surface area contributed by atoms with E-state index in [-0.39, 0.29) is 17.3 Å². The fourth-order valence-corrected chi connectivity index (χ4v) is 2.62. The highest BCUT2D eigenvalue weighted by Gasteiger charge is 2.22. The van der Waals surface area contributed by atoms with E-state index in [4.69, 9.17) is 27.5 Å². The molecule has 0 atom stereocenters. The smallest absolute Gasteiger partial charge is 0.312 e. The van der Waals surface area contributed by atoms with Gasteiger partial charge in [-0.05, 0) is 25.0 Å². The number of furan rings is 1. The first-order chi connectivity index (χ1) is 11.4. The number of halogens is 1. The van der Waals surface area contributed by atoms with Crippen LogP contribution in [0.1, 0.15) is 17.7 Å². The highest BCUT2D eigenvalue weighted by atomic mass is 35.5. The van der Waals surface area contributed by atoms with Gasteiger partial charge in [-0.15, -0.1) is 0 Å². The van der Waals surface area contributed by atoms with Crippen LogP contribution in [0.5, 0.6) is 0 Å². The second kappa shape index (κ2) is 7.80. The third kappa shape index (κ3) is 4.03. The van der Waals surface area contributed by atoms with Crippen LogP contribution in [0.25, 0.3) is 11.1 Å². The number of nitrogens with two attached hydrogens (primary N) is 2. The van der Waals surface area contributed by atoms with Gasteiger partial charge in [-0.25, -0.2) is 4.79 Å². The highest BCUT2D eigenvalue weighted by Crippen LogP contribution is 2.36. The normalized spacial score (nSPS) is 10.6. The van der Waals surface area contributed by atoms with Gasteiger partial charge in [0, 0.05) is 28.8 Å². The van der Waals surface area contributed by atoms with E-state index in [2.05, 4.69) is 5.32 Å². The lowest BCUT2D eigenvalue weighted by Crippen LogP contribution is -2.30. The predicted molar refractivity (Wildman–Crippen MR) is 89.6 cm³/mol. The third-order valence-electron chi connectivity index (χ3n) is 3.52. The van der Waals surface area contributed by atoms with Gasteiger partial charge in [0.15, 0.2) is 0 Å². The van der Waals surface area contributed by atoms with Crippen molar-refractivity contribution in [3.63, 3.8) is 0 Å². The van der Waals surface area contributed by atoms with Crippen LogP contribution >= 0.6 is 11.6 Å². The maximum absolute atomic E-state index is 11.3. The van der Waals surface area contributed by atoms with E-state index in [1.165, 1.54) is 12.3 Å². The molecule has 0 aliphatic heterocycles. The number of rotatable bonds is 7. The van der Waals surface area contributed by atoms with Crippen molar-refractivity contribution < 1.29 is 14.1 Å². The number of nitrogens with zero attached hydrogens (tertiary/aromatic N) is 1. The SMILES string of the molecule is NCc1occ(-c2ccc(Cl)cc2[N+](=O)[O-])c1CCCNC(N)=O. The third-order valence-corrected chi connectivity index (χ3v) is 3.75. The molecule has 1 aromatic heterocycles. The molecule has 2 aromatic rings. The lowest BCUT2D eigenvalue weighted by molar-refractivity contribution is -0.384. The Labute approximate surface area is 142 Å². The van der Waals surface area contributed by atoms with Crippen molar-refractivity contribution in [2.75, 3.05) is 6.54 Å². The Bertz CT molecular complexity index is 760. The minimum Gasteiger partial charge on any atom is -0.467 e. The number of hydrogen-bond donors (Lipinski definition) is 3. The number of hydrogen-bond acceptors (Lipinski definition) is 5. The lowest BCUT2D eigenvalue weighted by Gasteiger charge is -2.07. The monoisotopic (exact) mass is 352 g/mol. The summed E-state index contributed by atoms with van der Waals surface area (Å²) in [4.78, 5) is 21.5. The summed E-state index contributed by atoms with van der Waals surface area (Å²) < 4.78 is 5.45. The van der Waals surface area contributed by atoms with E-state index >= 15 is 0 Å². The molecule has 0 spiro atoms. The molecule has 2 rings (SSSR count). The average molecular weight is 353 g/mol. The molecule has 0 radical (unpaired) electrons. The number of nitro groups is 1. The summed E-state index contributed by atoms with van der Waals surface area (Å²) in [6.45, 7) is 0.548. The number of benzene rings is 1. The van der Waals surface area contributed by atoms with E-state index in [0.717, 1.165) is 5.56 Å². The minimum absolute atomic E-state index is 0.108. The Kier molecular flexibility index (Phi) is 5.78. The molecule has 0 unspecified atom stereocenters. The second-order valence-electron chi connectivity index (χ2n) is 5.07. The van der Waals surface area contributed by atoms with Crippen LogP contribution in [0, 0.1) is 10.1 Å².